The summed E-state index contributed by atoms with van der Waals surface area (Å²) in [5.41, 5.74) is 0. The molecule has 0 aromatic heterocycles. The summed E-state index contributed by atoms with van der Waals surface area (Å²) in [5, 5.41) is 23.3. The molecule has 0 saturated carbocycles. The summed E-state index contributed by atoms with van der Waals surface area (Å²) in [4.78, 5) is 0. The topological polar surface area (TPSA) is 52.5 Å². The van der Waals surface area contributed by atoms with Gasteiger partial charge in [0.2, 0.25) is 0 Å². The van der Waals surface area contributed by atoms with E-state index in [0.717, 1.165) is 19.4 Å². The molecule has 0 fully saturated rings. The summed E-state index contributed by atoms with van der Waals surface area (Å²) >= 11 is 0. The van der Waals surface area contributed by atoms with Crippen molar-refractivity contribution < 1.29 is 10.2 Å². The van der Waals surface area contributed by atoms with Crippen molar-refractivity contribution in [3.8, 4) is 0 Å². The third kappa shape index (κ3) is 24.5. The number of hydrogen-bond donors (Lipinski definition) is 3. The fraction of sp³-hybridized carbons (Fsp3) is 0.933. The van der Waals surface area contributed by atoms with Crippen LogP contribution in [-0.4, -0.2) is 35.5 Å². The quantitative estimate of drug-likeness (QED) is 0.0838. The number of hydrogen-bond acceptors (Lipinski definition) is 3. The summed E-state index contributed by atoms with van der Waals surface area (Å²) in [6.45, 7) is 5.41. The molecule has 0 aromatic carbocycles. The van der Waals surface area contributed by atoms with Gasteiger partial charge in [-0.25, -0.2) is 0 Å². The Balaban J connectivity index is 3.52. The molecule has 0 rings (SSSR count). The summed E-state index contributed by atoms with van der Waals surface area (Å²) in [6, 6.07) is -0.239. The first kappa shape index (κ1) is 32.6. The first-order chi connectivity index (χ1) is 16.3. The van der Waals surface area contributed by atoms with Crippen molar-refractivity contribution in [3.05, 3.63) is 12.2 Å². The zero-order chi connectivity index (χ0) is 24.2. The monoisotopic (exact) mass is 467 g/mol. The molecular formula is C30H61NO2. The molecule has 0 aliphatic heterocycles. The lowest BCUT2D eigenvalue weighted by molar-refractivity contribution is 0.123. The lowest BCUT2D eigenvalue weighted by atomic mass is 10.0. The lowest BCUT2D eigenvalue weighted by Gasteiger charge is -2.19. The van der Waals surface area contributed by atoms with Gasteiger partial charge in [0.1, 0.15) is 0 Å². The van der Waals surface area contributed by atoms with E-state index in [0.29, 0.717) is 0 Å². The minimum absolute atomic E-state index is 0.0122. The second-order valence-corrected chi connectivity index (χ2v) is 10.2. The van der Waals surface area contributed by atoms with Gasteiger partial charge in [0.05, 0.1) is 18.8 Å². The van der Waals surface area contributed by atoms with Crippen LogP contribution in [0.25, 0.3) is 0 Å². The Kier molecular flexibility index (Phi) is 27.5. The van der Waals surface area contributed by atoms with Crippen LogP contribution >= 0.6 is 0 Å². The molecule has 0 unspecified atom stereocenters. The van der Waals surface area contributed by atoms with Crippen molar-refractivity contribution in [2.45, 2.75) is 167 Å². The molecule has 0 spiro atoms. The number of aliphatic hydroxyl groups excluding tert-OH is 2. The van der Waals surface area contributed by atoms with Crippen molar-refractivity contribution in [2.24, 2.45) is 0 Å². The van der Waals surface area contributed by atoms with Gasteiger partial charge in [-0.3, -0.25) is 0 Å². The third-order valence-electron chi connectivity index (χ3n) is 6.85. The van der Waals surface area contributed by atoms with Crippen LogP contribution in [0.1, 0.15) is 155 Å². The molecule has 3 heteroatoms. The molecule has 198 valence electrons. The number of nitrogens with one attached hydrogen (secondary N) is 1. The van der Waals surface area contributed by atoms with Gasteiger partial charge in [-0.2, -0.15) is 0 Å². The van der Waals surface area contributed by atoms with Crippen LogP contribution in [0.4, 0.5) is 0 Å². The second-order valence-electron chi connectivity index (χ2n) is 10.2. The van der Waals surface area contributed by atoms with E-state index in [9.17, 15) is 10.2 Å². The molecule has 0 aliphatic carbocycles. The van der Waals surface area contributed by atoms with Gasteiger partial charge < -0.3 is 15.5 Å². The third-order valence-corrected chi connectivity index (χ3v) is 6.85. The van der Waals surface area contributed by atoms with Gasteiger partial charge in [-0.15, -0.1) is 0 Å². The fourth-order valence-electron chi connectivity index (χ4n) is 4.49. The number of unbranched alkanes of at least 4 members (excludes halogenated alkanes) is 20. The summed E-state index contributed by atoms with van der Waals surface area (Å²) in [5.74, 6) is 0. The van der Waals surface area contributed by atoms with Gasteiger partial charge in [-0.1, -0.05) is 148 Å². The Morgan fingerprint density at radius 3 is 1.39 bits per heavy atom. The molecule has 33 heavy (non-hydrogen) atoms. The fourth-order valence-corrected chi connectivity index (χ4v) is 4.49. The maximum Gasteiger partial charge on any atom is 0.0896 e. The Labute approximate surface area is 208 Å². The first-order valence-electron chi connectivity index (χ1n) is 14.9. The van der Waals surface area contributed by atoms with E-state index >= 15 is 0 Å². The average molecular weight is 468 g/mol. The Morgan fingerprint density at radius 1 is 0.576 bits per heavy atom. The van der Waals surface area contributed by atoms with Crippen LogP contribution in [0.15, 0.2) is 12.2 Å². The molecule has 3 N–H and O–H groups in total. The standard InChI is InChI=1S/C30H61NO2/c1-3-5-7-9-11-13-15-16-17-18-20-22-24-26-30(33)29(28-32)31-27-25-23-21-19-14-12-10-8-6-4-2/h24,26,29-33H,3-23,25,27-28H2,1-2H3/b26-24+/t29-,30+/m0/s1. The van der Waals surface area contributed by atoms with E-state index in [1.165, 1.54) is 128 Å². The van der Waals surface area contributed by atoms with Crippen LogP contribution in [0, 0.1) is 0 Å². The highest BCUT2D eigenvalue weighted by atomic mass is 16.3. The maximum atomic E-state index is 10.3. The predicted molar refractivity (Wildman–Crippen MR) is 147 cm³/mol. The zero-order valence-corrected chi connectivity index (χ0v) is 22.7. The number of rotatable bonds is 27. The van der Waals surface area contributed by atoms with E-state index in [1.807, 2.05) is 6.08 Å². The SMILES string of the molecule is CCCCCCCCCCCCC/C=C/[C@@H](O)[C@H](CO)NCCCCCCCCCCCC. The zero-order valence-electron chi connectivity index (χ0n) is 22.7. The molecular weight excluding hydrogens is 406 g/mol. The summed E-state index contributed by atoms with van der Waals surface area (Å²) in [7, 11) is 0. The van der Waals surface area contributed by atoms with Crippen LogP contribution in [0.5, 0.6) is 0 Å². The van der Waals surface area contributed by atoms with Crippen LogP contribution in [-0.2, 0) is 0 Å². The summed E-state index contributed by atoms with van der Waals surface area (Å²) < 4.78 is 0. The smallest absolute Gasteiger partial charge is 0.0896 e. The number of allylic oxidation sites excluding steroid dienone is 1. The van der Waals surface area contributed by atoms with Gasteiger partial charge in [0, 0.05) is 0 Å². The minimum Gasteiger partial charge on any atom is -0.395 e. The lowest BCUT2D eigenvalue weighted by Crippen LogP contribution is -2.42. The first-order valence-corrected chi connectivity index (χ1v) is 14.9. The Bertz CT molecular complexity index is 385. The highest BCUT2D eigenvalue weighted by molar-refractivity contribution is 4.94. The van der Waals surface area contributed by atoms with E-state index in [-0.39, 0.29) is 12.6 Å². The predicted octanol–water partition coefficient (Wildman–Crippen LogP) is 8.48. The second kappa shape index (κ2) is 27.9. The van der Waals surface area contributed by atoms with Crippen LogP contribution in [0.3, 0.4) is 0 Å². The molecule has 0 aromatic rings. The highest BCUT2D eigenvalue weighted by Gasteiger charge is 2.14. The normalized spacial score (nSPS) is 13.7. The Hall–Kier alpha value is -0.380. The van der Waals surface area contributed by atoms with Crippen molar-refractivity contribution >= 4 is 0 Å². The van der Waals surface area contributed by atoms with Gasteiger partial charge in [0.15, 0.2) is 0 Å². The minimum atomic E-state index is -0.592. The van der Waals surface area contributed by atoms with Gasteiger partial charge in [0.25, 0.3) is 0 Å². The van der Waals surface area contributed by atoms with E-state index in [2.05, 4.69) is 25.2 Å². The molecule has 0 amide bonds. The molecule has 0 radical (unpaired) electrons. The average Bonchev–Trinajstić information content (AvgIpc) is 2.82. The largest absolute Gasteiger partial charge is 0.395 e. The van der Waals surface area contributed by atoms with Crippen LogP contribution in [0.2, 0.25) is 0 Å². The number of aliphatic hydroxyl groups is 2. The molecule has 0 heterocycles. The molecule has 2 atom stereocenters. The summed E-state index contributed by atoms with van der Waals surface area (Å²) in [6.07, 6.45) is 32.7. The van der Waals surface area contributed by atoms with E-state index in [1.54, 1.807) is 0 Å². The van der Waals surface area contributed by atoms with Gasteiger partial charge >= 0.3 is 0 Å². The molecule has 0 bridgehead atoms. The highest BCUT2D eigenvalue weighted by Crippen LogP contribution is 2.13. The Morgan fingerprint density at radius 2 is 0.970 bits per heavy atom. The van der Waals surface area contributed by atoms with Gasteiger partial charge in [-0.05, 0) is 25.8 Å². The van der Waals surface area contributed by atoms with E-state index in [4.69, 9.17) is 0 Å². The molecule has 3 nitrogen and oxygen atoms in total. The van der Waals surface area contributed by atoms with Crippen LogP contribution < -0.4 is 5.32 Å². The van der Waals surface area contributed by atoms with Crippen molar-refractivity contribution in [3.63, 3.8) is 0 Å². The molecule has 0 aliphatic rings. The van der Waals surface area contributed by atoms with E-state index < -0.39 is 6.10 Å². The van der Waals surface area contributed by atoms with Crippen molar-refractivity contribution in [2.75, 3.05) is 13.2 Å². The molecule has 0 saturated heterocycles. The van der Waals surface area contributed by atoms with Crippen molar-refractivity contribution in [1.29, 1.82) is 0 Å². The maximum absolute atomic E-state index is 10.3. The van der Waals surface area contributed by atoms with Crippen molar-refractivity contribution in [1.82, 2.24) is 5.32 Å².